The van der Waals surface area contributed by atoms with E-state index < -0.39 is 0 Å². The predicted octanol–water partition coefficient (Wildman–Crippen LogP) is 2.85. The second-order valence-electron chi connectivity index (χ2n) is 8.66. The lowest BCUT2D eigenvalue weighted by Crippen LogP contribution is -2.32. The van der Waals surface area contributed by atoms with E-state index in [-0.39, 0.29) is 5.91 Å². The first-order valence-electron chi connectivity index (χ1n) is 10.7. The number of fused-ring (bicyclic) bond motifs is 2. The number of amides is 1. The van der Waals surface area contributed by atoms with E-state index in [1.54, 1.807) is 19.3 Å². The fourth-order valence-corrected chi connectivity index (χ4v) is 4.66. The molecule has 2 atom stereocenters. The van der Waals surface area contributed by atoms with Crippen molar-refractivity contribution in [3.05, 3.63) is 35.5 Å². The molecule has 6 nitrogen and oxygen atoms in total. The molecule has 5 rings (SSSR count). The molecule has 0 radical (unpaired) electrons. The van der Waals surface area contributed by atoms with Gasteiger partial charge in [-0.05, 0) is 67.7 Å². The zero-order chi connectivity index (χ0) is 20.4. The molecule has 3 heterocycles. The number of likely N-dealkylation sites (tertiary alicyclic amines) is 1. The normalized spacial score (nSPS) is 23.9. The summed E-state index contributed by atoms with van der Waals surface area (Å²) < 4.78 is 5.38. The smallest absolute Gasteiger partial charge is 0.253 e. The predicted molar refractivity (Wildman–Crippen MR) is 116 cm³/mol. The van der Waals surface area contributed by atoms with E-state index >= 15 is 0 Å². The van der Waals surface area contributed by atoms with Gasteiger partial charge in [0.25, 0.3) is 5.91 Å². The Morgan fingerprint density at radius 1 is 1.31 bits per heavy atom. The number of hydrogen-bond donors (Lipinski definition) is 2. The number of aryl methyl sites for hydroxylation is 1. The van der Waals surface area contributed by atoms with Crippen LogP contribution in [0.2, 0.25) is 0 Å². The molecule has 3 N–H and O–H groups in total. The molecule has 1 saturated carbocycles. The molecule has 6 heteroatoms. The van der Waals surface area contributed by atoms with Crippen molar-refractivity contribution in [2.24, 2.45) is 17.8 Å². The van der Waals surface area contributed by atoms with Crippen LogP contribution in [0.3, 0.4) is 0 Å². The Kier molecular flexibility index (Phi) is 6.01. The number of nitrogens with two attached hydrogens (primary N) is 1. The van der Waals surface area contributed by atoms with Gasteiger partial charge in [0.15, 0.2) is 0 Å². The zero-order valence-corrected chi connectivity index (χ0v) is 17.5. The minimum Gasteiger partial charge on any atom is -0.398 e. The van der Waals surface area contributed by atoms with Gasteiger partial charge in [0.05, 0.1) is 11.1 Å². The Labute approximate surface area is 172 Å². The topological polar surface area (TPSA) is 80.5 Å². The zero-order valence-electron chi connectivity index (χ0n) is 17.5. The van der Waals surface area contributed by atoms with Crippen LogP contribution in [-0.4, -0.2) is 55.7 Å². The highest BCUT2D eigenvalue weighted by molar-refractivity contribution is 6.08. The van der Waals surface area contributed by atoms with Crippen molar-refractivity contribution in [2.45, 2.75) is 26.2 Å². The first-order chi connectivity index (χ1) is 14.1. The summed E-state index contributed by atoms with van der Waals surface area (Å²) in [4.78, 5) is 18.6. The number of benzene rings is 1. The molecule has 2 aromatic rings. The summed E-state index contributed by atoms with van der Waals surface area (Å²) in [5, 5.41) is 3.42. The van der Waals surface area contributed by atoms with Crippen molar-refractivity contribution >= 4 is 22.5 Å². The number of carbonyl (C=O) groups is 1. The van der Waals surface area contributed by atoms with E-state index in [9.17, 15) is 4.79 Å². The number of nitrogen functional groups attached to an aromatic ring is 1. The lowest BCUT2D eigenvalue weighted by Gasteiger charge is -2.27. The molecular formula is C23H32N4O2. The summed E-state index contributed by atoms with van der Waals surface area (Å²) in [5.74, 6) is 2.98. The van der Waals surface area contributed by atoms with Gasteiger partial charge in [-0.15, -0.1) is 0 Å². The first-order valence-corrected chi connectivity index (χ1v) is 10.7. The monoisotopic (exact) mass is 396 g/mol. The molecule has 3 aliphatic rings. The summed E-state index contributed by atoms with van der Waals surface area (Å²) in [5.41, 5.74) is 8.73. The van der Waals surface area contributed by atoms with E-state index in [0.29, 0.717) is 16.8 Å². The van der Waals surface area contributed by atoms with Crippen LogP contribution in [-0.2, 0) is 4.74 Å². The number of nitrogens with one attached hydrogen (secondary N) is 1. The van der Waals surface area contributed by atoms with Gasteiger partial charge < -0.3 is 20.7 Å². The Bertz CT molecular complexity index is 869. The summed E-state index contributed by atoms with van der Waals surface area (Å²) in [6.07, 6.45) is 5.78. The number of carbonyl (C=O) groups excluding carboxylic acids is 1. The molecule has 1 aliphatic carbocycles. The largest absolute Gasteiger partial charge is 0.398 e. The van der Waals surface area contributed by atoms with Crippen LogP contribution in [0.4, 0.5) is 5.69 Å². The summed E-state index contributed by atoms with van der Waals surface area (Å²) in [6.45, 7) is 8.06. The molecule has 2 unspecified atom stereocenters. The molecule has 2 aliphatic heterocycles. The number of hydrogen-bond acceptors (Lipinski definition) is 5. The van der Waals surface area contributed by atoms with Gasteiger partial charge in [0, 0.05) is 57.2 Å². The quantitative estimate of drug-likeness (QED) is 0.780. The van der Waals surface area contributed by atoms with Gasteiger partial charge >= 0.3 is 0 Å². The molecule has 0 bridgehead atoms. The minimum absolute atomic E-state index is 0.146. The number of pyridine rings is 1. The van der Waals surface area contributed by atoms with E-state index in [4.69, 9.17) is 10.5 Å². The highest BCUT2D eigenvalue weighted by atomic mass is 16.5. The third-order valence-electron chi connectivity index (χ3n) is 6.52. The number of rotatable bonds is 3. The minimum atomic E-state index is -0.146. The van der Waals surface area contributed by atoms with Crippen LogP contribution >= 0.6 is 0 Å². The molecule has 1 aromatic carbocycles. The number of anilines is 1. The first kappa shape index (κ1) is 20.1. The molecule has 1 amide bonds. The van der Waals surface area contributed by atoms with Crippen molar-refractivity contribution in [1.29, 1.82) is 0 Å². The number of nitrogens with zero attached hydrogens (tertiary/aromatic N) is 2. The van der Waals surface area contributed by atoms with Crippen LogP contribution in [0.1, 0.15) is 35.2 Å². The second kappa shape index (κ2) is 8.67. The second-order valence-corrected chi connectivity index (χ2v) is 8.66. The van der Waals surface area contributed by atoms with E-state index in [0.717, 1.165) is 41.9 Å². The van der Waals surface area contributed by atoms with Crippen molar-refractivity contribution in [3.8, 4) is 0 Å². The molecule has 156 valence electrons. The third-order valence-corrected chi connectivity index (χ3v) is 6.52. The molecule has 0 spiro atoms. The van der Waals surface area contributed by atoms with Gasteiger partial charge in [-0.3, -0.25) is 9.78 Å². The van der Waals surface area contributed by atoms with Crippen LogP contribution in [0, 0.1) is 24.7 Å². The standard InChI is InChI=1S/C12H13N3O.C11H19NO/c1-7-6-9(12(16)14-2)11-8(10(7)13)4-3-5-15-11;1-3-13-4-2-9(1)6-12-7-10-5-11(10)8-12/h3-6H,13H2,1-2H3,(H,14,16);9-11H,1-8H2. The Hall–Kier alpha value is -2.18. The molecule has 3 fully saturated rings. The van der Waals surface area contributed by atoms with Crippen molar-refractivity contribution < 1.29 is 9.53 Å². The molecule has 29 heavy (non-hydrogen) atoms. The summed E-state index contributed by atoms with van der Waals surface area (Å²) in [7, 11) is 1.60. The molecule has 2 saturated heterocycles. The molecule has 1 aromatic heterocycles. The van der Waals surface area contributed by atoms with Crippen LogP contribution in [0.15, 0.2) is 24.4 Å². The fraction of sp³-hybridized carbons (Fsp3) is 0.565. The highest BCUT2D eigenvalue weighted by Crippen LogP contribution is 2.45. The Balaban J connectivity index is 0.000000144. The number of aromatic nitrogens is 1. The fourth-order valence-electron chi connectivity index (χ4n) is 4.66. The van der Waals surface area contributed by atoms with Crippen LogP contribution < -0.4 is 11.1 Å². The van der Waals surface area contributed by atoms with Crippen molar-refractivity contribution in [3.63, 3.8) is 0 Å². The maximum atomic E-state index is 11.7. The average Bonchev–Trinajstić information content (AvgIpc) is 3.37. The van der Waals surface area contributed by atoms with Gasteiger partial charge in [0.1, 0.15) is 0 Å². The summed E-state index contributed by atoms with van der Waals surface area (Å²) >= 11 is 0. The number of piperidine rings is 1. The van der Waals surface area contributed by atoms with Crippen molar-refractivity contribution in [1.82, 2.24) is 15.2 Å². The van der Waals surface area contributed by atoms with Crippen LogP contribution in [0.5, 0.6) is 0 Å². The SMILES string of the molecule is C1CC(CN2CC3CC3C2)CCO1.CNC(=O)c1cc(C)c(N)c2cccnc12. The van der Waals surface area contributed by atoms with E-state index in [1.165, 1.54) is 38.9 Å². The van der Waals surface area contributed by atoms with Gasteiger partial charge in [-0.25, -0.2) is 0 Å². The Morgan fingerprint density at radius 2 is 2.03 bits per heavy atom. The number of ether oxygens (including phenoxy) is 1. The maximum Gasteiger partial charge on any atom is 0.253 e. The van der Waals surface area contributed by atoms with Crippen molar-refractivity contribution in [2.75, 3.05) is 45.6 Å². The lowest BCUT2D eigenvalue weighted by molar-refractivity contribution is 0.0542. The van der Waals surface area contributed by atoms with Gasteiger partial charge in [-0.2, -0.15) is 0 Å². The average molecular weight is 397 g/mol. The Morgan fingerprint density at radius 3 is 2.72 bits per heavy atom. The van der Waals surface area contributed by atoms with Gasteiger partial charge in [-0.1, -0.05) is 0 Å². The lowest BCUT2D eigenvalue weighted by atomic mass is 10.00. The maximum absolute atomic E-state index is 11.7. The van der Waals surface area contributed by atoms with E-state index in [2.05, 4.69) is 15.2 Å². The van der Waals surface area contributed by atoms with E-state index in [1.807, 2.05) is 19.1 Å². The summed E-state index contributed by atoms with van der Waals surface area (Å²) in [6, 6.07) is 5.45. The van der Waals surface area contributed by atoms with Gasteiger partial charge in [0.2, 0.25) is 0 Å². The molecular weight excluding hydrogens is 364 g/mol. The highest BCUT2D eigenvalue weighted by Gasteiger charge is 2.45. The van der Waals surface area contributed by atoms with Crippen LogP contribution in [0.25, 0.3) is 10.9 Å². The third kappa shape index (κ3) is 4.54.